The van der Waals surface area contributed by atoms with Gasteiger partial charge < -0.3 is 9.73 Å². The van der Waals surface area contributed by atoms with E-state index < -0.39 is 5.60 Å². The second-order valence-corrected chi connectivity index (χ2v) is 6.64. The lowest BCUT2D eigenvalue weighted by Gasteiger charge is -2.19. The lowest BCUT2D eigenvalue weighted by Crippen LogP contribution is -2.26. The predicted molar refractivity (Wildman–Crippen MR) is 89.4 cm³/mol. The number of carbonyl (C=O) groups excluding carboxylic acids is 1. The van der Waals surface area contributed by atoms with Crippen LogP contribution in [0.3, 0.4) is 0 Å². The van der Waals surface area contributed by atoms with E-state index in [1.165, 1.54) is 0 Å². The van der Waals surface area contributed by atoms with E-state index in [0.717, 1.165) is 20.9 Å². The Bertz CT molecular complexity index is 696. The summed E-state index contributed by atoms with van der Waals surface area (Å²) in [5, 5.41) is 1.02. The van der Waals surface area contributed by atoms with Crippen molar-refractivity contribution >= 4 is 39.1 Å². The molecule has 0 aliphatic rings. The smallest absolute Gasteiger partial charge is 0.419 e. The van der Waals surface area contributed by atoms with Crippen molar-refractivity contribution in [2.75, 3.05) is 7.05 Å². The Labute approximate surface area is 132 Å². The normalized spacial score (nSPS) is 12.2. The molecule has 0 aliphatic carbocycles. The number of hydrogen-bond donors (Lipinski definition) is 0. The van der Waals surface area contributed by atoms with Gasteiger partial charge in [-0.05, 0) is 38.5 Å². The van der Waals surface area contributed by atoms with Crippen LogP contribution in [-0.2, 0) is 11.2 Å². The van der Waals surface area contributed by atoms with Crippen molar-refractivity contribution in [1.29, 1.82) is 0 Å². The quantitative estimate of drug-likeness (QED) is 0.752. The first-order valence-electron chi connectivity index (χ1n) is 6.76. The van der Waals surface area contributed by atoms with Crippen LogP contribution in [0.1, 0.15) is 26.3 Å². The van der Waals surface area contributed by atoms with Gasteiger partial charge in [-0.25, -0.2) is 4.79 Å². The molecule has 2 rings (SSSR count). The standard InChI is InChI=1S/C16H19BrN2O2/c1-16(2,3)21-15(20)19-10-11(8-9-18-4)14-12(17)6-5-7-13(14)19/h5-7,9-10H,8H2,1-4H3. The minimum Gasteiger partial charge on any atom is -0.443 e. The lowest BCUT2D eigenvalue weighted by molar-refractivity contribution is 0.0544. The van der Waals surface area contributed by atoms with Gasteiger partial charge in [0.25, 0.3) is 0 Å². The average Bonchev–Trinajstić information content (AvgIpc) is 2.74. The van der Waals surface area contributed by atoms with Gasteiger partial charge in [-0.1, -0.05) is 22.0 Å². The Hall–Kier alpha value is -1.62. The van der Waals surface area contributed by atoms with Gasteiger partial charge in [0.1, 0.15) is 5.60 Å². The average molecular weight is 351 g/mol. The molecule has 112 valence electrons. The Morgan fingerprint density at radius 1 is 1.43 bits per heavy atom. The molecule has 5 heteroatoms. The molecule has 1 aromatic heterocycles. The van der Waals surface area contributed by atoms with Crippen LogP contribution in [0.2, 0.25) is 0 Å². The maximum atomic E-state index is 12.4. The molecule has 2 aromatic rings. The summed E-state index contributed by atoms with van der Waals surface area (Å²) in [7, 11) is 1.74. The third-order valence-electron chi connectivity index (χ3n) is 2.94. The van der Waals surface area contributed by atoms with Crippen molar-refractivity contribution in [1.82, 2.24) is 4.57 Å². The number of ether oxygens (including phenoxy) is 1. The number of hydrogen-bond acceptors (Lipinski definition) is 3. The first-order chi connectivity index (χ1) is 9.83. The lowest BCUT2D eigenvalue weighted by atomic mass is 10.1. The molecule has 0 fully saturated rings. The van der Waals surface area contributed by atoms with E-state index >= 15 is 0 Å². The molecular formula is C16H19BrN2O2. The van der Waals surface area contributed by atoms with E-state index in [0.29, 0.717) is 6.42 Å². The molecule has 1 heterocycles. The summed E-state index contributed by atoms with van der Waals surface area (Å²) in [6.45, 7) is 5.57. The highest BCUT2D eigenvalue weighted by molar-refractivity contribution is 9.10. The topological polar surface area (TPSA) is 43.6 Å². The van der Waals surface area contributed by atoms with E-state index in [9.17, 15) is 4.79 Å². The zero-order valence-corrected chi connectivity index (χ0v) is 14.3. The second kappa shape index (κ2) is 6.02. The van der Waals surface area contributed by atoms with Crippen LogP contribution >= 0.6 is 15.9 Å². The molecule has 0 spiro atoms. The van der Waals surface area contributed by atoms with E-state index in [1.807, 2.05) is 51.4 Å². The number of aromatic nitrogens is 1. The number of halogens is 1. The summed E-state index contributed by atoms with van der Waals surface area (Å²) in [5.74, 6) is 0. The van der Waals surface area contributed by atoms with Crippen molar-refractivity contribution in [2.45, 2.75) is 32.8 Å². The third kappa shape index (κ3) is 3.53. The van der Waals surface area contributed by atoms with Gasteiger partial charge in [0.2, 0.25) is 0 Å². The summed E-state index contributed by atoms with van der Waals surface area (Å²) in [4.78, 5) is 16.4. The van der Waals surface area contributed by atoms with Crippen LogP contribution < -0.4 is 0 Å². The van der Waals surface area contributed by atoms with Crippen molar-refractivity contribution in [3.05, 3.63) is 34.4 Å². The molecule has 0 atom stereocenters. The second-order valence-electron chi connectivity index (χ2n) is 5.78. The molecule has 1 aromatic carbocycles. The van der Waals surface area contributed by atoms with Gasteiger partial charge in [0.15, 0.2) is 0 Å². The molecule has 0 saturated heterocycles. The maximum Gasteiger partial charge on any atom is 0.419 e. The van der Waals surface area contributed by atoms with Gasteiger partial charge in [-0.3, -0.25) is 4.57 Å². The molecule has 4 nitrogen and oxygen atoms in total. The first kappa shape index (κ1) is 15.8. The van der Waals surface area contributed by atoms with E-state index in [4.69, 9.17) is 4.74 Å². The summed E-state index contributed by atoms with van der Waals surface area (Å²) >= 11 is 3.55. The minimum atomic E-state index is -0.523. The number of nitrogens with zero attached hydrogens (tertiary/aromatic N) is 2. The van der Waals surface area contributed by atoms with Crippen LogP contribution in [0.15, 0.2) is 33.9 Å². The van der Waals surface area contributed by atoms with Gasteiger partial charge in [-0.2, -0.15) is 0 Å². The minimum absolute atomic E-state index is 0.370. The molecule has 0 amide bonds. The number of carbonyl (C=O) groups is 1. The highest BCUT2D eigenvalue weighted by atomic mass is 79.9. The molecular weight excluding hydrogens is 332 g/mol. The van der Waals surface area contributed by atoms with Crippen LogP contribution in [-0.4, -0.2) is 29.5 Å². The van der Waals surface area contributed by atoms with Crippen molar-refractivity contribution < 1.29 is 9.53 Å². The van der Waals surface area contributed by atoms with E-state index in [-0.39, 0.29) is 6.09 Å². The number of benzene rings is 1. The molecule has 0 saturated carbocycles. The Balaban J connectivity index is 2.54. The van der Waals surface area contributed by atoms with Crippen LogP contribution in [0.5, 0.6) is 0 Å². The largest absolute Gasteiger partial charge is 0.443 e. The van der Waals surface area contributed by atoms with Crippen molar-refractivity contribution in [3.63, 3.8) is 0 Å². The van der Waals surface area contributed by atoms with Crippen LogP contribution in [0.25, 0.3) is 10.9 Å². The van der Waals surface area contributed by atoms with Crippen molar-refractivity contribution in [2.24, 2.45) is 4.99 Å². The third-order valence-corrected chi connectivity index (χ3v) is 3.60. The molecule has 21 heavy (non-hydrogen) atoms. The number of aliphatic imine (C=N–C) groups is 1. The summed E-state index contributed by atoms with van der Waals surface area (Å²) in [6.07, 6.45) is 3.95. The molecule has 0 radical (unpaired) electrons. The summed E-state index contributed by atoms with van der Waals surface area (Å²) in [6, 6.07) is 5.79. The monoisotopic (exact) mass is 350 g/mol. The molecule has 0 unspecified atom stereocenters. The highest BCUT2D eigenvalue weighted by Gasteiger charge is 2.21. The van der Waals surface area contributed by atoms with Crippen LogP contribution in [0, 0.1) is 0 Å². The zero-order valence-electron chi connectivity index (χ0n) is 12.7. The highest BCUT2D eigenvalue weighted by Crippen LogP contribution is 2.29. The Kier molecular flexibility index (Phi) is 4.52. The predicted octanol–water partition coefficient (Wildman–Crippen LogP) is 4.43. The molecule has 0 aliphatic heterocycles. The van der Waals surface area contributed by atoms with Gasteiger partial charge >= 0.3 is 6.09 Å². The molecule has 0 N–H and O–H groups in total. The van der Waals surface area contributed by atoms with Crippen LogP contribution in [0.4, 0.5) is 4.79 Å². The first-order valence-corrected chi connectivity index (χ1v) is 7.55. The molecule has 0 bridgehead atoms. The maximum absolute atomic E-state index is 12.4. The summed E-state index contributed by atoms with van der Waals surface area (Å²) < 4.78 is 7.98. The fourth-order valence-corrected chi connectivity index (χ4v) is 2.74. The van der Waals surface area contributed by atoms with Gasteiger partial charge in [0.05, 0.1) is 5.52 Å². The van der Waals surface area contributed by atoms with E-state index in [1.54, 1.807) is 11.6 Å². The van der Waals surface area contributed by atoms with E-state index in [2.05, 4.69) is 20.9 Å². The summed E-state index contributed by atoms with van der Waals surface area (Å²) in [5.41, 5.74) is 1.34. The zero-order chi connectivity index (χ0) is 15.6. The number of fused-ring (bicyclic) bond motifs is 1. The fraction of sp³-hybridized carbons (Fsp3) is 0.375. The SMILES string of the molecule is CN=CCc1cn(C(=O)OC(C)(C)C)c2cccc(Br)c12. The van der Waals surface area contributed by atoms with Gasteiger partial charge in [0, 0.05) is 35.7 Å². The fourth-order valence-electron chi connectivity index (χ4n) is 2.13. The van der Waals surface area contributed by atoms with Gasteiger partial charge in [-0.15, -0.1) is 0 Å². The Morgan fingerprint density at radius 3 is 2.76 bits per heavy atom. The number of rotatable bonds is 2. The van der Waals surface area contributed by atoms with Crippen molar-refractivity contribution in [3.8, 4) is 0 Å². The Morgan fingerprint density at radius 2 is 2.14 bits per heavy atom.